The highest BCUT2D eigenvalue weighted by atomic mass is 79.9. The van der Waals surface area contributed by atoms with Gasteiger partial charge in [0.05, 0.1) is 20.5 Å². The van der Waals surface area contributed by atoms with E-state index in [0.717, 1.165) is 28.5 Å². The smallest absolute Gasteiger partial charge is 0.344 e. The number of hydrogen-bond acceptors (Lipinski definition) is 6. The van der Waals surface area contributed by atoms with Gasteiger partial charge in [-0.05, 0) is 94.1 Å². The van der Waals surface area contributed by atoms with Gasteiger partial charge in [0, 0.05) is 5.56 Å². The topological polar surface area (TPSA) is 85.2 Å². The number of carbonyl (C=O) groups is 2. The van der Waals surface area contributed by atoms with Crippen LogP contribution in [0.1, 0.15) is 39.5 Å². The van der Waals surface area contributed by atoms with Crippen molar-refractivity contribution in [3.8, 4) is 5.75 Å². The van der Waals surface area contributed by atoms with Crippen LogP contribution in [0.4, 0.5) is 0 Å². The first-order valence-electron chi connectivity index (χ1n) is 12.0. The fourth-order valence-electron chi connectivity index (χ4n) is 3.64. The number of nitrogens with zero attached hydrogens (tertiary/aromatic N) is 1. The molecule has 39 heavy (non-hydrogen) atoms. The van der Waals surface area contributed by atoms with E-state index in [1.165, 1.54) is 5.56 Å². The molecule has 1 aliphatic rings. The molecule has 0 fully saturated rings. The molecular formula is C30H25Br2NO5S. The van der Waals surface area contributed by atoms with Crippen LogP contribution < -0.4 is 4.74 Å². The van der Waals surface area contributed by atoms with E-state index in [2.05, 4.69) is 36.9 Å². The third-order valence-electron chi connectivity index (χ3n) is 5.69. The highest BCUT2D eigenvalue weighted by molar-refractivity contribution is 9.11. The van der Waals surface area contributed by atoms with Crippen molar-refractivity contribution in [1.29, 1.82) is 0 Å². The van der Waals surface area contributed by atoms with Crippen LogP contribution in [0.5, 0.6) is 5.75 Å². The van der Waals surface area contributed by atoms with E-state index in [0.29, 0.717) is 31.8 Å². The minimum Gasteiger partial charge on any atom is -0.506 e. The molecule has 0 bridgehead atoms. The van der Waals surface area contributed by atoms with E-state index in [1.807, 2.05) is 62.4 Å². The van der Waals surface area contributed by atoms with Crippen LogP contribution in [0, 0.1) is 13.8 Å². The largest absolute Gasteiger partial charge is 0.506 e. The number of aryl methyl sites for hydroxylation is 2. The Morgan fingerprint density at radius 3 is 2.15 bits per heavy atom. The van der Waals surface area contributed by atoms with Gasteiger partial charge in [-0.25, -0.2) is 9.79 Å². The molecule has 3 aromatic carbocycles. The molecule has 0 radical (unpaired) electrons. The van der Waals surface area contributed by atoms with E-state index < -0.39 is 11.9 Å². The minimum absolute atomic E-state index is 0.0824. The van der Waals surface area contributed by atoms with E-state index in [-0.39, 0.29) is 23.0 Å². The number of hydrogen-bond donors (Lipinski definition) is 1. The maximum absolute atomic E-state index is 12.8. The van der Waals surface area contributed by atoms with Gasteiger partial charge in [-0.2, -0.15) is 0 Å². The number of esters is 1. The number of aliphatic hydroxyl groups excluding tert-OH is 1. The Balaban J connectivity index is 1.62. The van der Waals surface area contributed by atoms with Crippen LogP contribution in [-0.2, 0) is 16.1 Å². The summed E-state index contributed by atoms with van der Waals surface area (Å²) in [6, 6.07) is 18.7. The van der Waals surface area contributed by atoms with E-state index in [1.54, 1.807) is 25.1 Å². The maximum Gasteiger partial charge on any atom is 0.344 e. The molecule has 9 heteroatoms. The Morgan fingerprint density at radius 2 is 1.56 bits per heavy atom. The van der Waals surface area contributed by atoms with Crippen LogP contribution in [-0.4, -0.2) is 28.6 Å². The number of halogens is 2. The summed E-state index contributed by atoms with van der Waals surface area (Å²) in [6.07, 6.45) is 1.71. The second-order valence-electron chi connectivity index (χ2n) is 8.73. The average molecular weight is 671 g/mol. The van der Waals surface area contributed by atoms with Gasteiger partial charge < -0.3 is 14.6 Å². The van der Waals surface area contributed by atoms with Crippen LogP contribution >= 0.6 is 43.6 Å². The van der Waals surface area contributed by atoms with E-state index in [9.17, 15) is 14.7 Å². The third kappa shape index (κ3) is 7.09. The third-order valence-corrected chi connectivity index (χ3v) is 7.89. The van der Waals surface area contributed by atoms with Crippen molar-refractivity contribution in [2.75, 3.05) is 6.61 Å². The number of carbonyl (C=O) groups excluding carboxylic acids is 2. The minimum atomic E-state index is -0.747. The zero-order valence-corrected chi connectivity index (χ0v) is 25.4. The van der Waals surface area contributed by atoms with Crippen LogP contribution in [0.3, 0.4) is 0 Å². The Hall–Kier alpha value is -3.14. The lowest BCUT2D eigenvalue weighted by molar-refractivity contribution is -0.138. The van der Waals surface area contributed by atoms with E-state index in [4.69, 9.17) is 9.47 Å². The van der Waals surface area contributed by atoms with Crippen molar-refractivity contribution in [3.05, 3.63) is 114 Å². The van der Waals surface area contributed by atoms with Gasteiger partial charge in [-0.15, -0.1) is 0 Å². The fourth-order valence-corrected chi connectivity index (χ4v) is 6.10. The molecule has 6 nitrogen and oxygen atoms in total. The molecule has 1 aliphatic heterocycles. The Kier molecular flexibility index (Phi) is 9.48. The first-order chi connectivity index (χ1) is 18.7. The number of amides is 1. The lowest BCUT2D eigenvalue weighted by Gasteiger charge is -2.12. The molecule has 1 amide bonds. The van der Waals surface area contributed by atoms with Gasteiger partial charge in [0.25, 0.3) is 5.91 Å². The lowest BCUT2D eigenvalue weighted by atomic mass is 10.1. The normalized spacial score (nSPS) is 15.2. The first kappa shape index (κ1) is 28.9. The van der Waals surface area contributed by atoms with Crippen molar-refractivity contribution in [2.45, 2.75) is 27.4 Å². The quantitative estimate of drug-likeness (QED) is 0.256. The molecule has 0 atom stereocenters. The Bertz CT molecular complexity index is 1490. The van der Waals surface area contributed by atoms with Gasteiger partial charge in [-0.1, -0.05) is 59.3 Å². The number of aliphatic imine (C=N–C) groups is 1. The predicted octanol–water partition coefficient (Wildman–Crippen LogP) is 8.11. The van der Waals surface area contributed by atoms with E-state index >= 15 is 0 Å². The maximum atomic E-state index is 12.8. The number of rotatable bonds is 7. The number of aliphatic hydroxyl groups is 1. The zero-order valence-electron chi connectivity index (χ0n) is 21.5. The monoisotopic (exact) mass is 669 g/mol. The van der Waals surface area contributed by atoms with Gasteiger partial charge in [-0.3, -0.25) is 4.79 Å². The molecule has 200 valence electrons. The van der Waals surface area contributed by atoms with Crippen LogP contribution in [0.25, 0.3) is 6.08 Å². The molecular weight excluding hydrogens is 646 g/mol. The SMILES string of the molecule is CCOC(=O)C1=C(O)/C(=C/c2cc(Br)c(OCc3ccc(C)cc3)c(Br)c2)SC1=NC(=O)c1ccc(C)cc1. The standard InChI is InChI=1S/C30H25Br2NO5S/c1-4-37-30(36)25-26(34)24(39-29(25)33-28(35)21-11-7-18(3)8-12-21)15-20-13-22(31)27(23(32)14-20)38-16-19-9-5-17(2)6-10-19/h5-15,34H,4,16H2,1-3H3/b24-15-,33-29?. The number of benzene rings is 3. The second-order valence-corrected chi connectivity index (χ2v) is 11.5. The molecule has 0 saturated heterocycles. The van der Waals surface area contributed by atoms with Gasteiger partial charge in [0.2, 0.25) is 0 Å². The average Bonchev–Trinajstić information content (AvgIpc) is 3.19. The second kappa shape index (κ2) is 12.8. The summed E-state index contributed by atoms with van der Waals surface area (Å²) in [6.45, 7) is 6.13. The summed E-state index contributed by atoms with van der Waals surface area (Å²) in [5, 5.41) is 11.1. The van der Waals surface area contributed by atoms with Crippen molar-refractivity contribution in [1.82, 2.24) is 0 Å². The Labute approximate surface area is 248 Å². The summed E-state index contributed by atoms with van der Waals surface area (Å²) in [7, 11) is 0. The number of thioether (sulfide) groups is 1. The molecule has 0 unspecified atom stereocenters. The van der Waals surface area contributed by atoms with Gasteiger partial charge >= 0.3 is 5.97 Å². The summed E-state index contributed by atoms with van der Waals surface area (Å²) in [5.74, 6) is -0.923. The molecule has 0 aromatic heterocycles. The van der Waals surface area contributed by atoms with Gasteiger partial charge in [0.15, 0.2) is 0 Å². The summed E-state index contributed by atoms with van der Waals surface area (Å²) in [4.78, 5) is 30.0. The van der Waals surface area contributed by atoms with Gasteiger partial charge in [0.1, 0.15) is 28.7 Å². The Morgan fingerprint density at radius 1 is 0.974 bits per heavy atom. The van der Waals surface area contributed by atoms with Crippen molar-refractivity contribution in [2.24, 2.45) is 4.99 Å². The molecule has 0 spiro atoms. The predicted molar refractivity (Wildman–Crippen MR) is 162 cm³/mol. The highest BCUT2D eigenvalue weighted by Gasteiger charge is 2.34. The molecule has 3 aromatic rings. The number of ether oxygens (including phenoxy) is 2. The summed E-state index contributed by atoms with van der Waals surface area (Å²) >= 11 is 8.17. The van der Waals surface area contributed by atoms with Crippen molar-refractivity contribution < 1.29 is 24.2 Å². The fraction of sp³-hybridized carbons (Fsp3) is 0.167. The molecule has 1 N–H and O–H groups in total. The lowest BCUT2D eigenvalue weighted by Crippen LogP contribution is -2.14. The van der Waals surface area contributed by atoms with Crippen LogP contribution in [0.2, 0.25) is 0 Å². The van der Waals surface area contributed by atoms with Crippen LogP contribution in [0.15, 0.2) is 90.8 Å². The molecule has 4 rings (SSSR count). The molecule has 0 aliphatic carbocycles. The summed E-state index contributed by atoms with van der Waals surface area (Å²) in [5.41, 5.74) is 4.20. The van der Waals surface area contributed by atoms with Crippen molar-refractivity contribution in [3.63, 3.8) is 0 Å². The van der Waals surface area contributed by atoms with Crippen molar-refractivity contribution >= 4 is 66.6 Å². The zero-order chi connectivity index (χ0) is 28.1. The molecule has 0 saturated carbocycles. The first-order valence-corrected chi connectivity index (χ1v) is 14.4. The highest BCUT2D eigenvalue weighted by Crippen LogP contribution is 2.41. The summed E-state index contributed by atoms with van der Waals surface area (Å²) < 4.78 is 12.6. The molecule has 1 heterocycles.